The summed E-state index contributed by atoms with van der Waals surface area (Å²) < 4.78 is 2.08. The first kappa shape index (κ1) is 9.40. The minimum atomic E-state index is 0.568. The largest absolute Gasteiger partial charge is 0.315 e. The lowest BCUT2D eigenvalue weighted by molar-refractivity contribution is 0.133. The molecule has 82 valence electrons. The Morgan fingerprint density at radius 3 is 2.87 bits per heavy atom. The molecule has 1 aromatic rings. The van der Waals surface area contributed by atoms with E-state index in [0.29, 0.717) is 11.3 Å². The summed E-state index contributed by atoms with van der Waals surface area (Å²) in [4.78, 5) is 0. The van der Waals surface area contributed by atoms with Crippen LogP contribution < -0.4 is 5.32 Å². The molecular weight excluding hydrogens is 186 g/mol. The Bertz CT molecular complexity index is 357. The summed E-state index contributed by atoms with van der Waals surface area (Å²) in [5.74, 6) is 0.693. The lowest BCUT2D eigenvalue weighted by Gasteiger charge is -2.43. The summed E-state index contributed by atoms with van der Waals surface area (Å²) in [6.45, 7) is 4.54. The van der Waals surface area contributed by atoms with Crippen molar-refractivity contribution in [2.75, 3.05) is 13.1 Å². The quantitative estimate of drug-likeness (QED) is 0.754. The molecule has 1 aromatic heterocycles. The average molecular weight is 205 g/mol. The molecule has 3 rings (SSSR count). The van der Waals surface area contributed by atoms with Crippen LogP contribution in [0.15, 0.2) is 6.20 Å². The fraction of sp³-hybridized carbons (Fsp3) is 0.750. The van der Waals surface area contributed by atoms with Crippen molar-refractivity contribution in [3.8, 4) is 0 Å². The molecule has 2 fully saturated rings. The molecule has 0 bridgehead atoms. The summed E-state index contributed by atoms with van der Waals surface area (Å²) in [5.41, 5.74) is 3.38. The number of hydrogen-bond donors (Lipinski definition) is 1. The molecule has 1 aliphatic heterocycles. The standard InChI is InChI=1S/C12H19N3/c1-9-6-14-15(2)11(9)10-7-13-8-12(10)4-3-5-12/h6,10,13H,3-5,7-8H2,1-2H3. The SMILES string of the molecule is Cc1cnn(C)c1C1CNCC12CCC2. The van der Waals surface area contributed by atoms with E-state index in [4.69, 9.17) is 0 Å². The molecule has 1 atom stereocenters. The van der Waals surface area contributed by atoms with Gasteiger partial charge in [0.1, 0.15) is 0 Å². The van der Waals surface area contributed by atoms with E-state index in [1.54, 1.807) is 0 Å². The molecular formula is C12H19N3. The third-order valence-electron chi connectivity index (χ3n) is 4.42. The van der Waals surface area contributed by atoms with Crippen LogP contribution in [-0.4, -0.2) is 22.9 Å². The molecule has 3 heteroatoms. The van der Waals surface area contributed by atoms with E-state index in [2.05, 4.69) is 29.1 Å². The van der Waals surface area contributed by atoms with E-state index in [1.807, 2.05) is 6.20 Å². The molecule has 2 aliphatic rings. The monoisotopic (exact) mass is 205 g/mol. The van der Waals surface area contributed by atoms with Crippen LogP contribution in [0.3, 0.4) is 0 Å². The highest BCUT2D eigenvalue weighted by Crippen LogP contribution is 2.53. The molecule has 0 aromatic carbocycles. The predicted molar refractivity (Wildman–Crippen MR) is 59.8 cm³/mol. The van der Waals surface area contributed by atoms with Crippen LogP contribution in [0.5, 0.6) is 0 Å². The molecule has 1 aliphatic carbocycles. The minimum Gasteiger partial charge on any atom is -0.315 e. The van der Waals surface area contributed by atoms with Gasteiger partial charge in [0.25, 0.3) is 0 Å². The second kappa shape index (κ2) is 3.08. The van der Waals surface area contributed by atoms with Crippen molar-refractivity contribution in [1.82, 2.24) is 15.1 Å². The fourth-order valence-electron chi connectivity index (χ4n) is 3.41. The molecule has 1 spiro atoms. The van der Waals surface area contributed by atoms with Crippen molar-refractivity contribution in [1.29, 1.82) is 0 Å². The zero-order chi connectivity index (χ0) is 10.5. The average Bonchev–Trinajstić information content (AvgIpc) is 2.69. The molecule has 1 saturated heterocycles. The Labute approximate surface area is 90.9 Å². The Morgan fingerprint density at radius 1 is 1.53 bits per heavy atom. The van der Waals surface area contributed by atoms with Crippen molar-refractivity contribution < 1.29 is 0 Å². The summed E-state index contributed by atoms with van der Waals surface area (Å²) >= 11 is 0. The Hall–Kier alpha value is -0.830. The van der Waals surface area contributed by atoms with Crippen molar-refractivity contribution in [3.05, 3.63) is 17.5 Å². The minimum absolute atomic E-state index is 0.568. The predicted octanol–water partition coefficient (Wildman–Crippen LogP) is 1.59. The first-order chi connectivity index (χ1) is 7.23. The van der Waals surface area contributed by atoms with Crippen LogP contribution in [0.4, 0.5) is 0 Å². The summed E-state index contributed by atoms with van der Waals surface area (Å²) in [5, 5.41) is 7.94. The normalized spacial score (nSPS) is 28.3. The fourth-order valence-corrected chi connectivity index (χ4v) is 3.41. The van der Waals surface area contributed by atoms with E-state index in [0.717, 1.165) is 6.54 Å². The van der Waals surface area contributed by atoms with Crippen LogP contribution in [0, 0.1) is 12.3 Å². The number of nitrogens with one attached hydrogen (secondary N) is 1. The Balaban J connectivity index is 1.99. The van der Waals surface area contributed by atoms with Crippen LogP contribution in [0.2, 0.25) is 0 Å². The molecule has 3 nitrogen and oxygen atoms in total. The Morgan fingerprint density at radius 2 is 2.33 bits per heavy atom. The van der Waals surface area contributed by atoms with Crippen LogP contribution in [-0.2, 0) is 7.05 Å². The van der Waals surface area contributed by atoms with Gasteiger partial charge in [-0.1, -0.05) is 6.42 Å². The van der Waals surface area contributed by atoms with Crippen LogP contribution >= 0.6 is 0 Å². The molecule has 0 radical (unpaired) electrons. The second-order valence-electron chi connectivity index (χ2n) is 5.24. The number of rotatable bonds is 1. The van der Waals surface area contributed by atoms with Crippen LogP contribution in [0.25, 0.3) is 0 Å². The zero-order valence-corrected chi connectivity index (χ0v) is 9.58. The molecule has 1 unspecified atom stereocenters. The number of aromatic nitrogens is 2. The highest BCUT2D eigenvalue weighted by Gasteiger charge is 2.49. The van der Waals surface area contributed by atoms with Gasteiger partial charge in [-0.25, -0.2) is 0 Å². The summed E-state index contributed by atoms with van der Waals surface area (Å²) in [6.07, 6.45) is 6.21. The van der Waals surface area contributed by atoms with Gasteiger partial charge in [-0.3, -0.25) is 4.68 Å². The van der Waals surface area contributed by atoms with E-state index in [9.17, 15) is 0 Å². The number of nitrogens with zero attached hydrogens (tertiary/aromatic N) is 2. The van der Waals surface area contributed by atoms with Crippen LogP contribution in [0.1, 0.15) is 36.4 Å². The van der Waals surface area contributed by atoms with Gasteiger partial charge in [0.05, 0.1) is 6.20 Å². The lowest BCUT2D eigenvalue weighted by atomic mass is 9.61. The molecule has 1 N–H and O–H groups in total. The van der Waals surface area contributed by atoms with Gasteiger partial charge in [0.15, 0.2) is 0 Å². The van der Waals surface area contributed by atoms with Gasteiger partial charge in [0.2, 0.25) is 0 Å². The van der Waals surface area contributed by atoms with Gasteiger partial charge in [-0.2, -0.15) is 5.10 Å². The van der Waals surface area contributed by atoms with E-state index in [1.165, 1.54) is 37.1 Å². The van der Waals surface area contributed by atoms with E-state index < -0.39 is 0 Å². The van der Waals surface area contributed by atoms with E-state index >= 15 is 0 Å². The van der Waals surface area contributed by atoms with Crippen molar-refractivity contribution in [2.24, 2.45) is 12.5 Å². The first-order valence-electron chi connectivity index (χ1n) is 5.92. The van der Waals surface area contributed by atoms with Gasteiger partial charge in [-0.05, 0) is 30.7 Å². The second-order valence-corrected chi connectivity index (χ2v) is 5.24. The van der Waals surface area contributed by atoms with Crippen molar-refractivity contribution in [3.63, 3.8) is 0 Å². The van der Waals surface area contributed by atoms with Gasteiger partial charge >= 0.3 is 0 Å². The maximum atomic E-state index is 4.37. The zero-order valence-electron chi connectivity index (χ0n) is 9.58. The first-order valence-corrected chi connectivity index (χ1v) is 5.92. The number of aryl methyl sites for hydroxylation is 2. The highest BCUT2D eigenvalue weighted by molar-refractivity contribution is 5.26. The molecule has 2 heterocycles. The van der Waals surface area contributed by atoms with Gasteiger partial charge < -0.3 is 5.32 Å². The maximum absolute atomic E-state index is 4.37. The topological polar surface area (TPSA) is 29.9 Å². The van der Waals surface area contributed by atoms with Gasteiger partial charge in [-0.15, -0.1) is 0 Å². The highest BCUT2D eigenvalue weighted by atomic mass is 15.3. The Kier molecular flexibility index (Phi) is 1.93. The summed E-state index contributed by atoms with van der Waals surface area (Å²) in [6, 6.07) is 0. The van der Waals surface area contributed by atoms with E-state index in [-0.39, 0.29) is 0 Å². The third-order valence-corrected chi connectivity index (χ3v) is 4.42. The third kappa shape index (κ3) is 1.19. The summed E-state index contributed by atoms with van der Waals surface area (Å²) in [7, 11) is 2.08. The lowest BCUT2D eigenvalue weighted by Crippen LogP contribution is -2.37. The molecule has 0 amide bonds. The molecule has 1 saturated carbocycles. The van der Waals surface area contributed by atoms with Gasteiger partial charge in [0, 0.05) is 31.7 Å². The van der Waals surface area contributed by atoms with Crippen molar-refractivity contribution >= 4 is 0 Å². The molecule has 15 heavy (non-hydrogen) atoms. The van der Waals surface area contributed by atoms with Crippen molar-refractivity contribution in [2.45, 2.75) is 32.1 Å². The number of hydrogen-bond acceptors (Lipinski definition) is 2. The maximum Gasteiger partial charge on any atom is 0.0521 e. The smallest absolute Gasteiger partial charge is 0.0521 e.